The molecule has 2 N–H and O–H groups in total. The number of alkyl halides is 3. The van der Waals surface area contributed by atoms with Crippen LogP contribution in [0.5, 0.6) is 0 Å². The number of rotatable bonds is 2. The van der Waals surface area contributed by atoms with Gasteiger partial charge in [0.1, 0.15) is 5.92 Å². The van der Waals surface area contributed by atoms with Gasteiger partial charge in [-0.1, -0.05) is 18.2 Å². The van der Waals surface area contributed by atoms with Crippen LogP contribution in [0.4, 0.5) is 13.2 Å². The van der Waals surface area contributed by atoms with Gasteiger partial charge >= 0.3 is 6.18 Å². The normalized spacial score (nSPS) is 14.2. The summed E-state index contributed by atoms with van der Waals surface area (Å²) in [7, 11) is 1.63. The van der Waals surface area contributed by atoms with Crippen LogP contribution in [0.15, 0.2) is 30.3 Å². The Kier molecular flexibility index (Phi) is 2.87. The number of fused-ring (bicyclic) bond motifs is 1. The van der Waals surface area contributed by atoms with Crippen molar-refractivity contribution in [3.8, 4) is 0 Å². The molecular weight excluding hydrogens is 229 g/mol. The number of nitrogens with two attached hydrogens (primary N) is 1. The van der Waals surface area contributed by atoms with Gasteiger partial charge in [0.05, 0.1) is 0 Å². The van der Waals surface area contributed by atoms with Crippen LogP contribution in [0, 0.1) is 0 Å². The van der Waals surface area contributed by atoms with E-state index in [1.165, 1.54) is 0 Å². The molecule has 0 radical (unpaired) electrons. The number of benzene rings is 1. The second kappa shape index (κ2) is 4.07. The number of hydrogen-bond acceptors (Lipinski definition) is 1. The van der Waals surface area contributed by atoms with Gasteiger partial charge in [-0.05, 0) is 17.5 Å². The summed E-state index contributed by atoms with van der Waals surface area (Å²) in [6.45, 7) is -0.437. The van der Waals surface area contributed by atoms with Gasteiger partial charge in [-0.3, -0.25) is 0 Å². The molecule has 0 spiro atoms. The molecule has 5 heteroatoms. The molecule has 2 aromatic rings. The van der Waals surface area contributed by atoms with Gasteiger partial charge < -0.3 is 10.3 Å². The average molecular weight is 242 g/mol. The molecule has 0 aliphatic carbocycles. The number of nitrogens with zero attached hydrogens (tertiary/aromatic N) is 1. The SMILES string of the molecule is Cn1c(C(CN)C(F)(F)F)cc2ccccc21. The number of hydrogen-bond donors (Lipinski definition) is 1. The van der Waals surface area contributed by atoms with Crippen molar-refractivity contribution < 1.29 is 13.2 Å². The van der Waals surface area contributed by atoms with Crippen LogP contribution in [0.3, 0.4) is 0 Å². The minimum Gasteiger partial charge on any atom is -0.347 e. The van der Waals surface area contributed by atoms with Gasteiger partial charge in [-0.15, -0.1) is 0 Å². The van der Waals surface area contributed by atoms with Crippen molar-refractivity contribution in [2.75, 3.05) is 6.54 Å². The zero-order valence-electron chi connectivity index (χ0n) is 9.33. The minimum atomic E-state index is -4.31. The lowest BCUT2D eigenvalue weighted by Crippen LogP contribution is -2.29. The van der Waals surface area contributed by atoms with Crippen LogP contribution in [-0.2, 0) is 7.05 Å². The molecule has 1 unspecified atom stereocenters. The number of halogens is 3. The van der Waals surface area contributed by atoms with Crippen molar-refractivity contribution in [1.29, 1.82) is 0 Å². The van der Waals surface area contributed by atoms with Gasteiger partial charge in [0.25, 0.3) is 0 Å². The fourth-order valence-electron chi connectivity index (χ4n) is 2.07. The van der Waals surface area contributed by atoms with Crippen molar-refractivity contribution in [1.82, 2.24) is 4.57 Å². The molecule has 0 fully saturated rings. The Balaban J connectivity index is 2.58. The molecule has 1 aromatic heterocycles. The molecule has 0 aliphatic heterocycles. The largest absolute Gasteiger partial charge is 0.398 e. The summed E-state index contributed by atoms with van der Waals surface area (Å²) in [6, 6.07) is 8.75. The van der Waals surface area contributed by atoms with Crippen molar-refractivity contribution in [2.24, 2.45) is 12.8 Å². The highest BCUT2D eigenvalue weighted by Crippen LogP contribution is 2.36. The molecule has 0 bridgehead atoms. The predicted octanol–water partition coefficient (Wildman–Crippen LogP) is 2.78. The second-order valence-electron chi connectivity index (χ2n) is 4.02. The molecule has 17 heavy (non-hydrogen) atoms. The van der Waals surface area contributed by atoms with E-state index >= 15 is 0 Å². The lowest BCUT2D eigenvalue weighted by atomic mass is 10.1. The average Bonchev–Trinajstić information content (AvgIpc) is 2.56. The molecule has 1 atom stereocenters. The van der Waals surface area contributed by atoms with Crippen LogP contribution < -0.4 is 5.73 Å². The van der Waals surface area contributed by atoms with Gasteiger partial charge in [0.2, 0.25) is 0 Å². The van der Waals surface area contributed by atoms with E-state index in [-0.39, 0.29) is 5.69 Å². The topological polar surface area (TPSA) is 30.9 Å². The maximum atomic E-state index is 12.8. The fourth-order valence-corrected chi connectivity index (χ4v) is 2.07. The molecule has 1 heterocycles. The summed E-state index contributed by atoms with van der Waals surface area (Å²) in [5.41, 5.74) is 6.24. The minimum absolute atomic E-state index is 0.209. The van der Waals surface area contributed by atoms with E-state index in [0.29, 0.717) is 0 Å². The van der Waals surface area contributed by atoms with Crippen molar-refractivity contribution in [3.05, 3.63) is 36.0 Å². The molecule has 0 aliphatic rings. The Morgan fingerprint density at radius 1 is 1.29 bits per heavy atom. The van der Waals surface area contributed by atoms with Crippen LogP contribution in [-0.4, -0.2) is 17.3 Å². The maximum absolute atomic E-state index is 12.8. The molecule has 1 aromatic carbocycles. The second-order valence-corrected chi connectivity index (χ2v) is 4.02. The molecule has 0 amide bonds. The molecule has 2 rings (SSSR count). The van der Waals surface area contributed by atoms with E-state index in [2.05, 4.69) is 0 Å². The summed E-state index contributed by atoms with van der Waals surface area (Å²) in [5, 5.41) is 0.799. The third kappa shape index (κ3) is 2.02. The van der Waals surface area contributed by atoms with Crippen LogP contribution in [0.25, 0.3) is 10.9 Å². The highest BCUT2D eigenvalue weighted by Gasteiger charge is 2.41. The van der Waals surface area contributed by atoms with Crippen LogP contribution >= 0.6 is 0 Å². The van der Waals surface area contributed by atoms with Crippen LogP contribution in [0.2, 0.25) is 0 Å². The lowest BCUT2D eigenvalue weighted by Gasteiger charge is -2.19. The van der Waals surface area contributed by atoms with E-state index in [9.17, 15) is 13.2 Å². The molecular formula is C12H13F3N2. The summed E-state index contributed by atoms with van der Waals surface area (Å²) in [6.07, 6.45) is -4.31. The maximum Gasteiger partial charge on any atom is 0.398 e. The first-order valence-corrected chi connectivity index (χ1v) is 5.26. The Morgan fingerprint density at radius 2 is 1.94 bits per heavy atom. The zero-order valence-corrected chi connectivity index (χ0v) is 9.33. The smallest absolute Gasteiger partial charge is 0.347 e. The zero-order chi connectivity index (χ0) is 12.6. The van der Waals surface area contributed by atoms with Crippen molar-refractivity contribution in [3.63, 3.8) is 0 Å². The van der Waals surface area contributed by atoms with Gasteiger partial charge in [-0.2, -0.15) is 13.2 Å². The number of aromatic nitrogens is 1. The van der Waals surface area contributed by atoms with E-state index in [0.717, 1.165) is 10.9 Å². The Morgan fingerprint density at radius 3 is 2.47 bits per heavy atom. The first-order chi connectivity index (χ1) is 7.95. The van der Waals surface area contributed by atoms with E-state index < -0.39 is 18.6 Å². The number of aryl methyl sites for hydroxylation is 1. The summed E-state index contributed by atoms with van der Waals surface area (Å²) < 4.78 is 40.0. The summed E-state index contributed by atoms with van der Waals surface area (Å²) >= 11 is 0. The monoisotopic (exact) mass is 242 g/mol. The van der Waals surface area contributed by atoms with Gasteiger partial charge in [-0.25, -0.2) is 0 Å². The first kappa shape index (κ1) is 12.0. The van der Waals surface area contributed by atoms with Crippen molar-refractivity contribution in [2.45, 2.75) is 12.1 Å². The summed E-state index contributed by atoms with van der Waals surface area (Å²) in [4.78, 5) is 0. The predicted molar refractivity (Wildman–Crippen MR) is 60.8 cm³/mol. The molecule has 2 nitrogen and oxygen atoms in total. The fraction of sp³-hybridized carbons (Fsp3) is 0.333. The van der Waals surface area contributed by atoms with E-state index in [1.54, 1.807) is 41.9 Å². The Labute approximate surface area is 96.8 Å². The standard InChI is InChI=1S/C12H13F3N2/c1-17-10-5-3-2-4-8(10)6-11(17)9(7-16)12(13,14)15/h2-6,9H,7,16H2,1H3. The van der Waals surface area contributed by atoms with E-state index in [1.807, 2.05) is 0 Å². The highest BCUT2D eigenvalue weighted by atomic mass is 19.4. The first-order valence-electron chi connectivity index (χ1n) is 5.26. The summed E-state index contributed by atoms with van der Waals surface area (Å²) in [5.74, 6) is -1.61. The Bertz CT molecular complexity index is 528. The number of para-hydroxylation sites is 1. The molecule has 0 saturated heterocycles. The molecule has 0 saturated carbocycles. The Hall–Kier alpha value is -1.49. The lowest BCUT2D eigenvalue weighted by molar-refractivity contribution is -0.149. The molecule has 92 valence electrons. The third-order valence-corrected chi connectivity index (χ3v) is 2.98. The quantitative estimate of drug-likeness (QED) is 0.862. The van der Waals surface area contributed by atoms with Crippen LogP contribution in [0.1, 0.15) is 11.6 Å². The van der Waals surface area contributed by atoms with Gasteiger partial charge in [0, 0.05) is 24.8 Å². The van der Waals surface area contributed by atoms with Gasteiger partial charge in [0.15, 0.2) is 0 Å². The highest BCUT2D eigenvalue weighted by molar-refractivity contribution is 5.81. The third-order valence-electron chi connectivity index (χ3n) is 2.98. The van der Waals surface area contributed by atoms with E-state index in [4.69, 9.17) is 5.73 Å². The van der Waals surface area contributed by atoms with Crippen molar-refractivity contribution >= 4 is 10.9 Å².